The van der Waals surface area contributed by atoms with Gasteiger partial charge in [0.05, 0.1) is 11.5 Å². The van der Waals surface area contributed by atoms with Crippen LogP contribution in [0, 0.1) is 10.8 Å². The monoisotopic (exact) mass is 2080 g/mol. The highest BCUT2D eigenvalue weighted by atomic mass is 32.2. The molecule has 2 unspecified atom stereocenters. The van der Waals surface area contributed by atoms with Gasteiger partial charge < -0.3 is 46.7 Å². The normalized spacial score (nSPS) is 17.8. The Morgan fingerprint density at radius 2 is 0.791 bits per heavy atom. The predicted molar refractivity (Wildman–Crippen MR) is 523 cm³/mol. The number of para-hydroxylation sites is 4. The van der Waals surface area contributed by atoms with E-state index in [1.165, 1.54) is 23.9 Å². The maximum Gasteiger partial charge on any atom is 0.425 e. The number of hydroxylamine groups is 2. The van der Waals surface area contributed by atoms with Gasteiger partial charge >= 0.3 is 54.4 Å². The number of aromatic nitrogens is 2. The number of aliphatic carboxylic acids is 1. The number of allylic oxidation sites excluding steroid dienone is 14. The molecule has 758 valence electrons. The van der Waals surface area contributed by atoms with Gasteiger partial charge in [-0.2, -0.15) is 26.0 Å². The molecule has 0 radical (unpaired) electrons. The minimum absolute atomic E-state index is 0.00395. The standard InChI is InChI=1S/C48H59N5O9S2.C44H56N4O7S2.CH5N.4O3S/c1-5-7-29-51-37-16-11-10-15-36(37)47(3,4)40(51)22-20-34-31-35(21-25-43-52(28-6-2)38-17-12-13-18-39(38)63-43)33-48(32-34,46(58)50-27-30-64(59,60)61)45(57)49-26-14-8-9-19-44(56)62-53-41(54)23-24-42(53)55;1-5-7-27-47-35-16-11-10-15-34(35)43(3,4)38(47)22-20-32-29-33(21-23-39-48(26-6-2)36-17-12-13-18-37(36)56-39)31-44(30-32,42(52)46-25-28-57(53,54)55)41(51)45-24-14-8-9-19-40(49)50;1-2;4*1-4(2)3/h10-13,15-18,20-22,25,31H,5-9,14,19,23-24,26-30,32-33H2,1-4H3,(H2-,49,50,57,58,59,60,61);10-13,15-18,20-23,29H,5-9,14,19,24-28,30-31H2,1-4H3,(H3-,45,46,49,50,51,52,53,54,55);2H2,1H3;;;;/p+2. The smallest absolute Gasteiger partial charge is 0.425 e. The van der Waals surface area contributed by atoms with Crippen molar-refractivity contribution in [3.8, 4) is 0 Å². The summed E-state index contributed by atoms with van der Waals surface area (Å²) in [4.78, 5) is 115. The highest BCUT2D eigenvalue weighted by Gasteiger charge is 2.51. The number of carboxylic acids is 1. The van der Waals surface area contributed by atoms with Crippen LogP contribution >= 0.6 is 22.7 Å². The molecule has 3 aliphatic heterocycles. The van der Waals surface area contributed by atoms with Crippen molar-refractivity contribution < 1.29 is 134 Å². The van der Waals surface area contributed by atoms with Crippen LogP contribution in [0.25, 0.3) is 32.6 Å². The molecule has 11 rings (SSSR count). The van der Waals surface area contributed by atoms with E-state index in [0.29, 0.717) is 43.6 Å². The maximum atomic E-state index is 14.6. The van der Waals surface area contributed by atoms with Crippen LogP contribution in [-0.2, 0) is 130 Å². The Morgan fingerprint density at radius 1 is 0.453 bits per heavy atom. The lowest BCUT2D eigenvalue weighted by Crippen LogP contribution is -2.53. The number of hydrogen-bond donors (Lipinski definition) is 8. The fourth-order valence-electron chi connectivity index (χ4n) is 16.5. The summed E-state index contributed by atoms with van der Waals surface area (Å²) in [5, 5.41) is 22.8. The van der Waals surface area contributed by atoms with E-state index in [9.17, 15) is 64.3 Å². The third kappa shape index (κ3) is 36.5. The third-order valence-corrected chi connectivity index (χ3v) is 26.4. The van der Waals surface area contributed by atoms with Gasteiger partial charge in [0.15, 0.2) is 0 Å². The van der Waals surface area contributed by atoms with E-state index in [4.69, 9.17) is 60.5 Å². The molecule has 46 heteroatoms. The van der Waals surface area contributed by atoms with Crippen molar-refractivity contribution in [3.63, 3.8) is 0 Å². The molecule has 9 N–H and O–H groups in total. The molecule has 38 nitrogen and oxygen atoms in total. The summed E-state index contributed by atoms with van der Waals surface area (Å²) in [5.74, 6) is -6.43. The second kappa shape index (κ2) is 57.2. The zero-order valence-electron chi connectivity index (χ0n) is 78.9. The van der Waals surface area contributed by atoms with E-state index < -0.39 is 139 Å². The van der Waals surface area contributed by atoms with Crippen LogP contribution in [-0.4, -0.2) is 192 Å². The summed E-state index contributed by atoms with van der Waals surface area (Å²) >= 11 is 3.32. The molecule has 6 amide bonds. The average Bonchev–Trinajstić information content (AvgIpc) is 1.59. The fraction of sp³-hybridized carbons (Fsp3) is 0.462. The van der Waals surface area contributed by atoms with Gasteiger partial charge in [-0.15, -0.1) is 55.6 Å². The number of imide groups is 1. The number of thiazole rings is 2. The van der Waals surface area contributed by atoms with Gasteiger partial charge in [-0.05, 0) is 141 Å². The molecule has 1 saturated heterocycles. The summed E-state index contributed by atoms with van der Waals surface area (Å²) in [5.41, 5.74) is 12.7. The van der Waals surface area contributed by atoms with Crippen molar-refractivity contribution in [2.75, 3.05) is 67.6 Å². The molecule has 2 aliphatic carbocycles. The lowest BCUT2D eigenvalue weighted by molar-refractivity contribution is -0.669. The van der Waals surface area contributed by atoms with Gasteiger partial charge in [0.25, 0.3) is 42.1 Å². The van der Waals surface area contributed by atoms with E-state index in [1.54, 1.807) is 22.7 Å². The second-order valence-electron chi connectivity index (χ2n) is 33.4. The quantitative estimate of drug-likeness (QED) is 0.00584. The van der Waals surface area contributed by atoms with Crippen LogP contribution in [0.5, 0.6) is 0 Å². The summed E-state index contributed by atoms with van der Waals surface area (Å²) in [6.45, 7) is 20.4. The first-order valence-electron chi connectivity index (χ1n) is 44.8. The molecule has 5 heterocycles. The second-order valence-corrected chi connectivity index (χ2v) is 40.4. The van der Waals surface area contributed by atoms with E-state index in [0.717, 1.165) is 135 Å². The predicted octanol–water partition coefficient (Wildman–Crippen LogP) is 10.1. The molecule has 1 fully saturated rings. The van der Waals surface area contributed by atoms with Crippen LogP contribution in [0.3, 0.4) is 0 Å². The Bertz CT molecular complexity index is 6250. The average molecular weight is 2080 g/mol. The molecule has 0 spiro atoms. The first kappa shape index (κ1) is 118. The summed E-state index contributed by atoms with van der Waals surface area (Å²) < 4.78 is 174. The zero-order chi connectivity index (χ0) is 104. The summed E-state index contributed by atoms with van der Waals surface area (Å²) in [7, 11) is -19.7. The van der Waals surface area contributed by atoms with Gasteiger partial charge in [0.2, 0.25) is 34.7 Å². The number of fused-ring (bicyclic) bond motifs is 4. The third-order valence-electron chi connectivity index (χ3n) is 22.7. The molecular weight excluding hydrogens is 1960 g/mol. The van der Waals surface area contributed by atoms with Gasteiger partial charge in [0, 0.05) is 136 Å². The topological polar surface area (TPSA) is 571 Å². The first-order valence-corrected chi connectivity index (χ1v) is 53.7. The number of amides is 6. The van der Waals surface area contributed by atoms with Gasteiger partial charge in [-0.3, -0.25) is 42.7 Å². The van der Waals surface area contributed by atoms with E-state index in [1.807, 2.05) is 85.0 Å². The summed E-state index contributed by atoms with van der Waals surface area (Å²) in [6, 6.07) is 33.3. The molecule has 0 bridgehead atoms. The molecule has 2 atom stereocenters. The Morgan fingerprint density at radius 3 is 1.14 bits per heavy atom. The van der Waals surface area contributed by atoms with Crippen LogP contribution in [0.15, 0.2) is 179 Å². The van der Waals surface area contributed by atoms with Crippen molar-refractivity contribution in [1.29, 1.82) is 0 Å². The van der Waals surface area contributed by atoms with Crippen LogP contribution in [0.1, 0.15) is 205 Å². The molecule has 6 aromatic rings. The Hall–Kier alpha value is -11.6. The number of carboxylic acid groups (broad SMARTS) is 1. The molecule has 139 heavy (non-hydrogen) atoms. The van der Waals surface area contributed by atoms with E-state index in [2.05, 4.69) is 174 Å². The Kier molecular flexibility index (Phi) is 48.5. The van der Waals surface area contributed by atoms with E-state index in [-0.39, 0.29) is 81.8 Å². The van der Waals surface area contributed by atoms with Gasteiger partial charge in [-0.25, -0.2) is 4.79 Å². The van der Waals surface area contributed by atoms with Crippen molar-refractivity contribution >= 4 is 177 Å². The number of benzene rings is 4. The lowest BCUT2D eigenvalue weighted by atomic mass is 9.70. The highest BCUT2D eigenvalue weighted by molar-refractivity contribution is 7.86. The number of hydrogen-bond acceptors (Lipinski definition) is 30. The van der Waals surface area contributed by atoms with E-state index >= 15 is 0 Å². The number of carbonyl (C=O) groups is 8. The largest absolute Gasteiger partial charge is 0.481 e. The fourth-order valence-corrected chi connectivity index (χ4v) is 19.4. The molecule has 5 aliphatic rings. The maximum absolute atomic E-state index is 14.6. The number of rotatable bonds is 39. The molecule has 2 aromatic heterocycles. The van der Waals surface area contributed by atoms with Crippen LogP contribution < -0.4 is 45.9 Å². The van der Waals surface area contributed by atoms with Crippen LogP contribution in [0.2, 0.25) is 0 Å². The number of anilines is 2. The highest BCUT2D eigenvalue weighted by Crippen LogP contribution is 2.51. The Balaban J connectivity index is 0.000000419. The number of nitrogens with one attached hydrogen (secondary N) is 4. The van der Waals surface area contributed by atoms with Crippen molar-refractivity contribution in [1.82, 2.24) is 26.3 Å². The summed E-state index contributed by atoms with van der Waals surface area (Å²) in [6.07, 6.45) is 29.2. The number of nitrogens with two attached hydrogens (primary N) is 1. The zero-order valence-corrected chi connectivity index (χ0v) is 85.4. The lowest BCUT2D eigenvalue weighted by Gasteiger charge is -2.35. The van der Waals surface area contributed by atoms with Crippen LogP contribution in [0.4, 0.5) is 11.4 Å². The number of nitrogens with zero attached hydrogens (tertiary/aromatic N) is 5. The molecular formula is C93H122N10O28S8+2. The van der Waals surface area contributed by atoms with Crippen molar-refractivity contribution in [3.05, 3.63) is 200 Å². The molecule has 4 aromatic carbocycles. The minimum atomic E-state index is -4.41. The number of aryl methyl sites for hydroxylation is 2. The SMILES string of the molecule is CCCCN1C(=CC=C2C=C(C=Cc3sc4ccccc4[n+]3CCC)CC(C(=O)NCCCCCC(=O)O)(C(=O)NCCS(=O)(=O)O)C2)C(C)(C)c2ccccc21.CCCCN1C(=CC=C2C=C(C=Cc3sc4ccccc4[n+]3CCC)CC(C(=O)NCCCCCC(=O)ON3C(=O)CCC3=O)(C(=O)NCCS(=O)(=O)O)C2)C(C)(C)c2ccccc21.CN.O=S(=O)=O.O=S(=O)=O.O=S(=O)=O.O=S(=O)=O. The van der Waals surface area contributed by atoms with Gasteiger partial charge in [-0.1, -0.05) is 201 Å². The molecule has 0 saturated carbocycles. The van der Waals surface area contributed by atoms with Crippen molar-refractivity contribution in [2.24, 2.45) is 16.6 Å². The van der Waals surface area contributed by atoms with Gasteiger partial charge in [0.1, 0.15) is 33.3 Å². The first-order chi connectivity index (χ1) is 65.7. The number of carbonyl (C=O) groups excluding carboxylic acids is 7. The minimum Gasteiger partial charge on any atom is -0.481 e. The number of unbranched alkanes of at least 4 members (excludes halogenated alkanes) is 6. The van der Waals surface area contributed by atoms with Crippen molar-refractivity contribution in [2.45, 2.75) is 208 Å². The Labute approximate surface area is 823 Å².